The van der Waals surface area contributed by atoms with Crippen molar-refractivity contribution in [3.63, 3.8) is 0 Å². The van der Waals surface area contributed by atoms with Gasteiger partial charge in [-0.1, -0.05) is 13.3 Å². The van der Waals surface area contributed by atoms with Crippen molar-refractivity contribution in [2.24, 2.45) is 5.73 Å². The molecule has 0 saturated carbocycles. The van der Waals surface area contributed by atoms with Gasteiger partial charge in [0.25, 0.3) is 0 Å². The van der Waals surface area contributed by atoms with Crippen LogP contribution in [0.1, 0.15) is 31.4 Å². The van der Waals surface area contributed by atoms with Crippen molar-refractivity contribution in [2.45, 2.75) is 25.8 Å². The second-order valence-corrected chi connectivity index (χ2v) is 3.07. The molecule has 76 valence electrons. The van der Waals surface area contributed by atoms with E-state index >= 15 is 0 Å². The quantitative estimate of drug-likeness (QED) is 0.586. The lowest BCUT2D eigenvalue weighted by atomic mass is 10.0. The molecule has 0 amide bonds. The zero-order chi connectivity index (χ0) is 10.6. The number of aromatic nitrogens is 1. The van der Waals surface area contributed by atoms with Crippen molar-refractivity contribution in [2.75, 3.05) is 0 Å². The molecule has 0 radical (unpaired) electrons. The zero-order valence-corrected chi connectivity index (χ0v) is 8.01. The first-order valence-electron chi connectivity index (χ1n) is 4.51. The molecule has 0 fully saturated rings. The molecule has 1 rings (SSSR count). The van der Waals surface area contributed by atoms with Crippen molar-refractivity contribution in [3.8, 4) is 0 Å². The molecule has 0 bridgehead atoms. The molecule has 5 heteroatoms. The lowest BCUT2D eigenvalue weighted by molar-refractivity contribution is -0.390. The Morgan fingerprint density at radius 3 is 3.00 bits per heavy atom. The molecule has 0 spiro atoms. The van der Waals surface area contributed by atoms with E-state index in [1.165, 1.54) is 6.20 Å². The Balaban J connectivity index is 3.00. The van der Waals surface area contributed by atoms with Crippen LogP contribution in [0.4, 0.5) is 5.82 Å². The summed E-state index contributed by atoms with van der Waals surface area (Å²) in [6.45, 7) is 1.99. The first-order chi connectivity index (χ1) is 6.66. The van der Waals surface area contributed by atoms with Crippen molar-refractivity contribution < 1.29 is 4.92 Å². The number of hydrogen-bond donors (Lipinski definition) is 1. The maximum absolute atomic E-state index is 10.6. The summed E-state index contributed by atoms with van der Waals surface area (Å²) in [4.78, 5) is 13.8. The Morgan fingerprint density at radius 2 is 2.43 bits per heavy atom. The van der Waals surface area contributed by atoms with E-state index in [0.29, 0.717) is 5.56 Å². The van der Waals surface area contributed by atoms with E-state index in [0.717, 1.165) is 12.8 Å². The third-order valence-electron chi connectivity index (χ3n) is 1.99. The SMILES string of the molecule is CCC[C@@H](N)c1cccnc1[N+](=O)[O-]. The molecular formula is C9H13N3O2. The van der Waals surface area contributed by atoms with Crippen LogP contribution >= 0.6 is 0 Å². The summed E-state index contributed by atoms with van der Waals surface area (Å²) in [5.74, 6) is -0.131. The van der Waals surface area contributed by atoms with Gasteiger partial charge in [-0.05, 0) is 28.5 Å². The summed E-state index contributed by atoms with van der Waals surface area (Å²) in [6, 6.07) is 3.03. The molecule has 0 unspecified atom stereocenters. The summed E-state index contributed by atoms with van der Waals surface area (Å²) in [7, 11) is 0. The molecule has 0 aromatic carbocycles. The number of nitrogens with two attached hydrogens (primary N) is 1. The molecule has 1 heterocycles. The van der Waals surface area contributed by atoms with Crippen molar-refractivity contribution in [3.05, 3.63) is 34.0 Å². The lowest BCUT2D eigenvalue weighted by Crippen LogP contribution is -2.12. The Labute approximate surface area is 82.1 Å². The second-order valence-electron chi connectivity index (χ2n) is 3.07. The average molecular weight is 195 g/mol. The molecule has 1 aromatic heterocycles. The molecule has 1 atom stereocenters. The summed E-state index contributed by atoms with van der Waals surface area (Å²) < 4.78 is 0. The van der Waals surface area contributed by atoms with Crippen molar-refractivity contribution >= 4 is 5.82 Å². The highest BCUT2D eigenvalue weighted by molar-refractivity contribution is 5.34. The van der Waals surface area contributed by atoms with E-state index in [1.807, 2.05) is 6.92 Å². The topological polar surface area (TPSA) is 82.0 Å². The van der Waals surface area contributed by atoms with Gasteiger partial charge in [0.1, 0.15) is 6.20 Å². The molecule has 0 aliphatic heterocycles. The van der Waals surface area contributed by atoms with E-state index in [-0.39, 0.29) is 11.9 Å². The van der Waals surface area contributed by atoms with Crippen molar-refractivity contribution in [1.29, 1.82) is 0 Å². The van der Waals surface area contributed by atoms with Crippen LogP contribution in [-0.2, 0) is 0 Å². The molecule has 1 aromatic rings. The van der Waals surface area contributed by atoms with Crippen LogP contribution in [-0.4, -0.2) is 9.91 Å². The van der Waals surface area contributed by atoms with Gasteiger partial charge < -0.3 is 15.8 Å². The van der Waals surface area contributed by atoms with Crippen LogP contribution in [0, 0.1) is 10.1 Å². The molecule has 0 saturated heterocycles. The average Bonchev–Trinajstić information content (AvgIpc) is 2.18. The van der Waals surface area contributed by atoms with Gasteiger partial charge >= 0.3 is 5.82 Å². The summed E-state index contributed by atoms with van der Waals surface area (Å²) in [5.41, 5.74) is 6.31. The van der Waals surface area contributed by atoms with Crippen LogP contribution in [0.15, 0.2) is 18.3 Å². The number of nitro groups is 1. The Bertz CT molecular complexity index is 328. The van der Waals surface area contributed by atoms with Crippen LogP contribution in [0.3, 0.4) is 0 Å². The predicted octanol–water partition coefficient (Wildman–Crippen LogP) is 1.79. The first kappa shape index (κ1) is 10.6. The van der Waals surface area contributed by atoms with E-state index < -0.39 is 4.92 Å². The van der Waals surface area contributed by atoms with E-state index in [9.17, 15) is 10.1 Å². The normalized spacial score (nSPS) is 12.4. The maximum atomic E-state index is 10.6. The monoisotopic (exact) mass is 195 g/mol. The predicted molar refractivity (Wildman–Crippen MR) is 52.7 cm³/mol. The summed E-state index contributed by atoms with van der Waals surface area (Å²) in [6.07, 6.45) is 3.03. The highest BCUT2D eigenvalue weighted by Gasteiger charge is 2.18. The smallest absolute Gasteiger partial charge is 0.358 e. The fourth-order valence-corrected chi connectivity index (χ4v) is 1.32. The van der Waals surface area contributed by atoms with Gasteiger partial charge in [0.15, 0.2) is 0 Å². The largest absolute Gasteiger partial charge is 0.368 e. The minimum absolute atomic E-state index is 0.131. The standard InChI is InChI=1S/C9H13N3O2/c1-2-4-8(10)7-5-3-6-11-9(7)12(13)14/h3,5-6,8H,2,4,10H2,1H3/t8-/m1/s1. The number of rotatable bonds is 4. The lowest BCUT2D eigenvalue weighted by Gasteiger charge is -2.09. The summed E-state index contributed by atoms with van der Waals surface area (Å²) in [5, 5.41) is 10.6. The number of pyridine rings is 1. The second kappa shape index (κ2) is 4.66. The highest BCUT2D eigenvalue weighted by Crippen LogP contribution is 2.23. The molecule has 0 aliphatic carbocycles. The fraction of sp³-hybridized carbons (Fsp3) is 0.444. The number of nitrogens with zero attached hydrogens (tertiary/aromatic N) is 2. The van der Waals surface area contributed by atoms with Gasteiger partial charge in [0.2, 0.25) is 0 Å². The Hall–Kier alpha value is -1.49. The third-order valence-corrected chi connectivity index (χ3v) is 1.99. The molecule has 2 N–H and O–H groups in total. The van der Waals surface area contributed by atoms with Crippen LogP contribution in [0.25, 0.3) is 0 Å². The molecular weight excluding hydrogens is 182 g/mol. The zero-order valence-electron chi connectivity index (χ0n) is 8.01. The van der Waals surface area contributed by atoms with E-state index in [1.54, 1.807) is 12.1 Å². The van der Waals surface area contributed by atoms with Gasteiger partial charge in [-0.25, -0.2) is 0 Å². The molecule has 5 nitrogen and oxygen atoms in total. The van der Waals surface area contributed by atoms with Crippen LogP contribution in [0.2, 0.25) is 0 Å². The van der Waals surface area contributed by atoms with E-state index in [4.69, 9.17) is 5.73 Å². The molecule has 14 heavy (non-hydrogen) atoms. The Morgan fingerprint density at radius 1 is 1.71 bits per heavy atom. The fourth-order valence-electron chi connectivity index (χ4n) is 1.32. The van der Waals surface area contributed by atoms with Gasteiger partial charge in [-0.3, -0.25) is 0 Å². The minimum Gasteiger partial charge on any atom is -0.358 e. The van der Waals surface area contributed by atoms with Gasteiger partial charge in [0, 0.05) is 6.04 Å². The van der Waals surface area contributed by atoms with Gasteiger partial charge in [-0.2, -0.15) is 0 Å². The van der Waals surface area contributed by atoms with Crippen LogP contribution in [0.5, 0.6) is 0 Å². The van der Waals surface area contributed by atoms with Gasteiger partial charge in [-0.15, -0.1) is 0 Å². The maximum Gasteiger partial charge on any atom is 0.368 e. The first-order valence-corrected chi connectivity index (χ1v) is 4.51. The third kappa shape index (κ3) is 2.26. The number of hydrogen-bond acceptors (Lipinski definition) is 4. The Kier molecular flexibility index (Phi) is 3.53. The summed E-state index contributed by atoms with van der Waals surface area (Å²) >= 11 is 0. The highest BCUT2D eigenvalue weighted by atomic mass is 16.6. The molecule has 0 aliphatic rings. The van der Waals surface area contributed by atoms with Crippen LogP contribution < -0.4 is 5.73 Å². The van der Waals surface area contributed by atoms with Gasteiger partial charge in [0.05, 0.1) is 5.56 Å². The minimum atomic E-state index is -0.495. The van der Waals surface area contributed by atoms with E-state index in [2.05, 4.69) is 4.98 Å². The van der Waals surface area contributed by atoms with Crippen molar-refractivity contribution in [1.82, 2.24) is 4.98 Å².